The van der Waals surface area contributed by atoms with Crippen molar-refractivity contribution in [3.05, 3.63) is 24.3 Å². The Morgan fingerprint density at radius 1 is 1.08 bits per heavy atom. The van der Waals surface area contributed by atoms with Crippen molar-refractivity contribution >= 4 is 11.6 Å². The molecule has 1 rings (SSSR count). The van der Waals surface area contributed by atoms with Gasteiger partial charge >= 0.3 is 0 Å². The fourth-order valence-electron chi connectivity index (χ4n) is 2.22. The van der Waals surface area contributed by atoms with Gasteiger partial charge in [-0.2, -0.15) is 0 Å². The molecule has 0 amide bonds. The van der Waals surface area contributed by atoms with E-state index in [0.29, 0.717) is 12.5 Å². The second kappa shape index (κ2) is 13.5. The Morgan fingerprint density at radius 2 is 1.80 bits per heavy atom. The van der Waals surface area contributed by atoms with Crippen LogP contribution in [0.2, 0.25) is 0 Å². The lowest BCUT2D eigenvalue weighted by Gasteiger charge is -2.13. The van der Waals surface area contributed by atoms with Crippen LogP contribution in [0.1, 0.15) is 52.9 Å². The molecule has 0 saturated heterocycles. The molecule has 0 aliphatic carbocycles. The summed E-state index contributed by atoms with van der Waals surface area (Å²) >= 11 is 0. The Hall–Kier alpha value is -1.75. The highest BCUT2D eigenvalue weighted by molar-refractivity contribution is 5.82. The summed E-state index contributed by atoms with van der Waals surface area (Å²) < 4.78 is 5.75. The number of benzene rings is 1. The molecule has 0 heterocycles. The minimum absolute atomic E-state index is 0.668. The Balaban J connectivity index is 2.57. The summed E-state index contributed by atoms with van der Waals surface area (Å²) in [7, 11) is 0. The maximum absolute atomic E-state index is 5.75. The average molecular weight is 349 g/mol. The monoisotopic (exact) mass is 348 g/mol. The lowest BCUT2D eigenvalue weighted by Crippen LogP contribution is -2.38. The van der Waals surface area contributed by atoms with E-state index >= 15 is 0 Å². The van der Waals surface area contributed by atoms with E-state index in [1.807, 2.05) is 24.3 Å². The Bertz CT molecular complexity index is 471. The van der Waals surface area contributed by atoms with Crippen molar-refractivity contribution in [3.63, 3.8) is 0 Å². The van der Waals surface area contributed by atoms with E-state index in [1.54, 1.807) is 0 Å². The molecule has 0 spiro atoms. The van der Waals surface area contributed by atoms with Crippen molar-refractivity contribution in [1.82, 2.24) is 10.6 Å². The van der Waals surface area contributed by atoms with Gasteiger partial charge in [0.15, 0.2) is 5.96 Å². The van der Waals surface area contributed by atoms with Crippen LogP contribution in [0.25, 0.3) is 0 Å². The number of rotatable bonds is 12. The van der Waals surface area contributed by atoms with Crippen molar-refractivity contribution in [1.29, 1.82) is 0 Å². The molecule has 1 aromatic carbocycles. The third-order valence-electron chi connectivity index (χ3n) is 3.78. The zero-order valence-electron chi connectivity index (χ0n) is 16.2. The standard InChI is InChI=1S/C20H36N4O/c1-4-5-6-16-25-19-10-8-18(9-11-19)24-20(22-14-7-13-21)23-15-12-17(2)3/h8-11,17H,4-7,12-16,21H2,1-3H3,(H2,22,23,24). The summed E-state index contributed by atoms with van der Waals surface area (Å²) in [6, 6.07) is 7.95. The predicted molar refractivity (Wildman–Crippen MR) is 108 cm³/mol. The number of ether oxygens (including phenoxy) is 1. The summed E-state index contributed by atoms with van der Waals surface area (Å²) in [4.78, 5) is 4.68. The first-order valence-electron chi connectivity index (χ1n) is 9.65. The fourth-order valence-corrected chi connectivity index (χ4v) is 2.22. The van der Waals surface area contributed by atoms with Crippen molar-refractivity contribution in [2.75, 3.05) is 26.2 Å². The van der Waals surface area contributed by atoms with E-state index in [9.17, 15) is 0 Å². The third kappa shape index (κ3) is 10.7. The van der Waals surface area contributed by atoms with Crippen LogP contribution in [0.5, 0.6) is 5.75 Å². The molecule has 5 nitrogen and oxygen atoms in total. The second-order valence-corrected chi connectivity index (χ2v) is 6.69. The molecule has 0 saturated carbocycles. The number of nitrogens with one attached hydrogen (secondary N) is 2. The van der Waals surface area contributed by atoms with Crippen LogP contribution in [-0.2, 0) is 0 Å². The summed E-state index contributed by atoms with van der Waals surface area (Å²) in [6.07, 6.45) is 5.56. The molecule has 1 aromatic rings. The molecule has 0 bridgehead atoms. The average Bonchev–Trinajstić information content (AvgIpc) is 2.60. The van der Waals surface area contributed by atoms with Gasteiger partial charge in [0.2, 0.25) is 0 Å². The van der Waals surface area contributed by atoms with Gasteiger partial charge in [-0.1, -0.05) is 33.6 Å². The van der Waals surface area contributed by atoms with Gasteiger partial charge in [-0.3, -0.25) is 0 Å². The van der Waals surface area contributed by atoms with Crippen molar-refractivity contribution < 1.29 is 4.74 Å². The van der Waals surface area contributed by atoms with Crippen molar-refractivity contribution in [2.45, 2.75) is 52.9 Å². The van der Waals surface area contributed by atoms with E-state index in [2.05, 4.69) is 36.4 Å². The molecule has 25 heavy (non-hydrogen) atoms. The van der Waals surface area contributed by atoms with Gasteiger partial charge in [0.05, 0.1) is 12.3 Å². The number of guanidine groups is 1. The van der Waals surface area contributed by atoms with E-state index in [0.717, 1.165) is 56.4 Å². The molecular weight excluding hydrogens is 312 g/mol. The Morgan fingerprint density at radius 3 is 2.44 bits per heavy atom. The summed E-state index contributed by atoms with van der Waals surface area (Å²) in [5.74, 6) is 2.38. The van der Waals surface area contributed by atoms with Crippen LogP contribution in [0.4, 0.5) is 5.69 Å². The van der Waals surface area contributed by atoms with Gasteiger partial charge in [-0.15, -0.1) is 0 Å². The van der Waals surface area contributed by atoms with Crippen LogP contribution >= 0.6 is 0 Å². The molecule has 0 aromatic heterocycles. The number of nitrogens with zero attached hydrogens (tertiary/aromatic N) is 1. The highest BCUT2D eigenvalue weighted by Crippen LogP contribution is 2.18. The SMILES string of the molecule is CCCCCOc1ccc(/N=C(\NCCCN)NCCC(C)C)cc1. The van der Waals surface area contributed by atoms with Crippen molar-refractivity contribution in [2.24, 2.45) is 16.6 Å². The first-order valence-corrected chi connectivity index (χ1v) is 9.65. The topological polar surface area (TPSA) is 71.7 Å². The molecule has 4 N–H and O–H groups in total. The van der Waals surface area contributed by atoms with E-state index in [-0.39, 0.29) is 0 Å². The summed E-state index contributed by atoms with van der Waals surface area (Å²) in [5, 5.41) is 6.72. The predicted octanol–water partition coefficient (Wildman–Crippen LogP) is 3.82. The van der Waals surface area contributed by atoms with E-state index < -0.39 is 0 Å². The highest BCUT2D eigenvalue weighted by atomic mass is 16.5. The largest absolute Gasteiger partial charge is 0.494 e. The molecular formula is C20H36N4O. The van der Waals surface area contributed by atoms with Crippen LogP contribution in [0, 0.1) is 5.92 Å². The Kier molecular flexibility index (Phi) is 11.5. The van der Waals surface area contributed by atoms with E-state index in [1.165, 1.54) is 12.8 Å². The molecule has 142 valence electrons. The second-order valence-electron chi connectivity index (χ2n) is 6.69. The smallest absolute Gasteiger partial charge is 0.196 e. The molecule has 0 fully saturated rings. The zero-order chi connectivity index (χ0) is 18.3. The van der Waals surface area contributed by atoms with E-state index in [4.69, 9.17) is 10.5 Å². The summed E-state index contributed by atoms with van der Waals surface area (Å²) in [5.41, 5.74) is 6.48. The third-order valence-corrected chi connectivity index (χ3v) is 3.78. The maximum Gasteiger partial charge on any atom is 0.196 e. The van der Waals surface area contributed by atoms with Gasteiger partial charge in [0, 0.05) is 13.1 Å². The number of hydrogen-bond donors (Lipinski definition) is 3. The quantitative estimate of drug-likeness (QED) is 0.305. The van der Waals surface area contributed by atoms with Gasteiger partial charge in [-0.25, -0.2) is 4.99 Å². The fraction of sp³-hybridized carbons (Fsp3) is 0.650. The minimum Gasteiger partial charge on any atom is -0.494 e. The first-order chi connectivity index (χ1) is 12.2. The summed E-state index contributed by atoms with van der Waals surface area (Å²) in [6.45, 7) is 9.82. The lowest BCUT2D eigenvalue weighted by atomic mass is 10.1. The van der Waals surface area contributed by atoms with Crippen LogP contribution < -0.4 is 21.1 Å². The molecule has 0 aliphatic rings. The number of unbranched alkanes of at least 4 members (excludes halogenated alkanes) is 2. The van der Waals surface area contributed by atoms with Crippen LogP contribution in [0.15, 0.2) is 29.3 Å². The van der Waals surface area contributed by atoms with Crippen LogP contribution in [0.3, 0.4) is 0 Å². The lowest BCUT2D eigenvalue weighted by molar-refractivity contribution is 0.306. The van der Waals surface area contributed by atoms with Crippen LogP contribution in [-0.4, -0.2) is 32.2 Å². The number of nitrogens with two attached hydrogens (primary N) is 1. The normalized spacial score (nSPS) is 11.6. The van der Waals surface area contributed by atoms with Gasteiger partial charge < -0.3 is 21.1 Å². The molecule has 0 aliphatic heterocycles. The Labute approximate surface area is 153 Å². The van der Waals surface area contributed by atoms with Gasteiger partial charge in [0.1, 0.15) is 5.75 Å². The zero-order valence-corrected chi connectivity index (χ0v) is 16.2. The first kappa shape index (κ1) is 21.3. The van der Waals surface area contributed by atoms with Gasteiger partial charge in [-0.05, 0) is 56.0 Å². The number of aliphatic imine (C=N–C) groups is 1. The van der Waals surface area contributed by atoms with Gasteiger partial charge in [0.25, 0.3) is 0 Å². The van der Waals surface area contributed by atoms with Crippen molar-refractivity contribution in [3.8, 4) is 5.75 Å². The molecule has 0 atom stereocenters. The maximum atomic E-state index is 5.75. The number of hydrogen-bond acceptors (Lipinski definition) is 3. The highest BCUT2D eigenvalue weighted by Gasteiger charge is 2.01. The minimum atomic E-state index is 0.668. The molecule has 0 radical (unpaired) electrons. The molecule has 0 unspecified atom stereocenters. The molecule has 5 heteroatoms.